The molecule has 1 aliphatic heterocycles. The second-order valence-electron chi connectivity index (χ2n) is 4.33. The average molecular weight is 292 g/mol. The van der Waals surface area contributed by atoms with Crippen LogP contribution in [0.3, 0.4) is 0 Å². The maximum Gasteiger partial charge on any atom is 0.248 e. The summed E-state index contributed by atoms with van der Waals surface area (Å²) in [5.74, 6) is -0.313. The molecule has 3 rings (SSSR count). The van der Waals surface area contributed by atoms with Gasteiger partial charge in [0.2, 0.25) is 17.8 Å². The van der Waals surface area contributed by atoms with Crippen molar-refractivity contribution in [2.24, 2.45) is 0 Å². The van der Waals surface area contributed by atoms with Gasteiger partial charge in [-0.1, -0.05) is 17.7 Å². The quantitative estimate of drug-likeness (QED) is 0.876. The maximum absolute atomic E-state index is 12.3. The molecule has 0 fully saturated rings. The van der Waals surface area contributed by atoms with Crippen LogP contribution in [0.2, 0.25) is 5.02 Å². The van der Waals surface area contributed by atoms with Crippen molar-refractivity contribution in [1.29, 1.82) is 0 Å². The number of nitrogens with one attached hydrogen (secondary N) is 2. The Balaban J connectivity index is 1.83. The molecule has 0 bridgehead atoms. The Labute approximate surface area is 118 Å². The van der Waals surface area contributed by atoms with E-state index in [1.54, 1.807) is 24.3 Å². The van der Waals surface area contributed by atoms with Gasteiger partial charge in [0.1, 0.15) is 12.4 Å². The van der Waals surface area contributed by atoms with Crippen LogP contribution in [0.1, 0.15) is 12.5 Å². The van der Waals surface area contributed by atoms with E-state index < -0.39 is 6.04 Å². The highest BCUT2D eigenvalue weighted by Gasteiger charge is 2.31. The first kappa shape index (κ1) is 12.6. The smallest absolute Gasteiger partial charge is 0.248 e. The Morgan fingerprint density at radius 2 is 2.35 bits per heavy atom. The maximum atomic E-state index is 12.3. The lowest BCUT2D eigenvalue weighted by atomic mass is 10.1. The number of anilines is 2. The second-order valence-corrected chi connectivity index (χ2v) is 4.77. The van der Waals surface area contributed by atoms with Gasteiger partial charge in [0.25, 0.3) is 0 Å². The molecule has 2 amide bonds. The topological polar surface area (TPSA) is 88.9 Å². The minimum atomic E-state index is -0.673. The summed E-state index contributed by atoms with van der Waals surface area (Å²) in [4.78, 5) is 23.8. The van der Waals surface area contributed by atoms with Crippen molar-refractivity contribution in [3.05, 3.63) is 35.6 Å². The zero-order chi connectivity index (χ0) is 14.1. The van der Waals surface area contributed by atoms with Gasteiger partial charge < -0.3 is 5.32 Å². The van der Waals surface area contributed by atoms with Gasteiger partial charge >= 0.3 is 0 Å². The molecule has 20 heavy (non-hydrogen) atoms. The normalized spacial score (nSPS) is 17.2. The first-order valence-electron chi connectivity index (χ1n) is 5.89. The molecule has 0 saturated carbocycles. The van der Waals surface area contributed by atoms with Crippen molar-refractivity contribution >= 4 is 35.1 Å². The molecular weight excluding hydrogens is 282 g/mol. The second kappa shape index (κ2) is 4.93. The van der Waals surface area contributed by atoms with Gasteiger partial charge in [0.15, 0.2) is 0 Å². The summed E-state index contributed by atoms with van der Waals surface area (Å²) < 4.78 is 1.53. The van der Waals surface area contributed by atoms with Crippen LogP contribution in [0, 0.1) is 0 Å². The van der Waals surface area contributed by atoms with Crippen molar-refractivity contribution in [2.75, 3.05) is 10.6 Å². The predicted molar refractivity (Wildman–Crippen MR) is 72.4 cm³/mol. The number of carbonyl (C=O) groups excluding carboxylic acids is 2. The fourth-order valence-electron chi connectivity index (χ4n) is 2.02. The van der Waals surface area contributed by atoms with Gasteiger partial charge in [-0.05, 0) is 18.2 Å². The van der Waals surface area contributed by atoms with Gasteiger partial charge in [-0.2, -0.15) is 0 Å². The van der Waals surface area contributed by atoms with Crippen LogP contribution in [0.5, 0.6) is 0 Å². The summed E-state index contributed by atoms with van der Waals surface area (Å²) in [7, 11) is 0. The van der Waals surface area contributed by atoms with Crippen LogP contribution in [0.25, 0.3) is 0 Å². The first-order chi connectivity index (χ1) is 9.63. The van der Waals surface area contributed by atoms with Crippen molar-refractivity contribution in [2.45, 2.75) is 12.5 Å². The number of hydrogen-bond donors (Lipinski definition) is 2. The summed E-state index contributed by atoms with van der Waals surface area (Å²) >= 11 is 5.86. The fraction of sp³-hybridized carbons (Fsp3) is 0.167. The summed E-state index contributed by atoms with van der Waals surface area (Å²) in [6.45, 7) is 0. The molecule has 2 heterocycles. The summed E-state index contributed by atoms with van der Waals surface area (Å²) in [6.07, 6.45) is 1.45. The molecule has 0 unspecified atom stereocenters. The Morgan fingerprint density at radius 1 is 1.50 bits per heavy atom. The van der Waals surface area contributed by atoms with E-state index >= 15 is 0 Å². The Bertz CT molecular complexity index is 684. The van der Waals surface area contributed by atoms with Crippen LogP contribution in [0.4, 0.5) is 11.6 Å². The molecule has 0 radical (unpaired) electrons. The first-order valence-corrected chi connectivity index (χ1v) is 6.27. The molecule has 0 saturated heterocycles. The zero-order valence-corrected chi connectivity index (χ0v) is 11.0. The molecule has 7 nitrogen and oxygen atoms in total. The number of benzene rings is 1. The van der Waals surface area contributed by atoms with Crippen LogP contribution in [-0.4, -0.2) is 26.6 Å². The summed E-state index contributed by atoms with van der Waals surface area (Å²) in [5.41, 5.74) is 0.572. The van der Waals surface area contributed by atoms with Crippen molar-refractivity contribution in [3.63, 3.8) is 0 Å². The predicted octanol–water partition coefficient (Wildman–Crippen LogP) is 1.45. The minimum Gasteiger partial charge on any atom is -0.324 e. The number of halogens is 1. The van der Waals surface area contributed by atoms with Gasteiger partial charge in [-0.3, -0.25) is 19.5 Å². The third-order valence-electron chi connectivity index (χ3n) is 2.93. The van der Waals surface area contributed by atoms with Gasteiger partial charge in [0, 0.05) is 10.7 Å². The molecule has 1 aromatic heterocycles. The fourth-order valence-corrected chi connectivity index (χ4v) is 2.21. The molecule has 2 aromatic rings. The number of hydrogen-bond acceptors (Lipinski definition) is 4. The van der Waals surface area contributed by atoms with Crippen LogP contribution >= 0.6 is 11.6 Å². The van der Waals surface area contributed by atoms with Crippen molar-refractivity contribution in [1.82, 2.24) is 14.8 Å². The van der Waals surface area contributed by atoms with Gasteiger partial charge in [-0.15, -0.1) is 10.2 Å². The third-order valence-corrected chi connectivity index (χ3v) is 3.17. The Morgan fingerprint density at radius 3 is 3.15 bits per heavy atom. The Kier molecular flexibility index (Phi) is 3.11. The molecule has 1 aromatic carbocycles. The SMILES string of the molecule is O=C1C[C@@H](C(=O)Nc2cccc(Cl)c2)n2cnnc2N1. The number of fused-ring (bicyclic) bond motifs is 1. The molecule has 1 atom stereocenters. The largest absolute Gasteiger partial charge is 0.324 e. The lowest BCUT2D eigenvalue weighted by Crippen LogP contribution is -2.35. The zero-order valence-electron chi connectivity index (χ0n) is 10.2. The number of rotatable bonds is 2. The van der Waals surface area contributed by atoms with E-state index in [1.165, 1.54) is 10.9 Å². The van der Waals surface area contributed by atoms with Crippen LogP contribution < -0.4 is 10.6 Å². The summed E-state index contributed by atoms with van der Waals surface area (Å²) in [5, 5.41) is 13.2. The van der Waals surface area contributed by atoms with Gasteiger partial charge in [-0.25, -0.2) is 0 Å². The van der Waals surface area contributed by atoms with E-state index in [-0.39, 0.29) is 24.2 Å². The van der Waals surface area contributed by atoms with Gasteiger partial charge in [0.05, 0.1) is 6.42 Å². The molecule has 0 spiro atoms. The van der Waals surface area contributed by atoms with E-state index in [4.69, 9.17) is 11.6 Å². The summed E-state index contributed by atoms with van der Waals surface area (Å²) in [6, 6.07) is 6.13. The van der Waals surface area contributed by atoms with E-state index in [1.807, 2.05) is 0 Å². The van der Waals surface area contributed by atoms with Crippen molar-refractivity contribution < 1.29 is 9.59 Å². The van der Waals surface area contributed by atoms with Crippen LogP contribution in [0.15, 0.2) is 30.6 Å². The van der Waals surface area contributed by atoms with E-state index in [0.29, 0.717) is 10.7 Å². The monoisotopic (exact) mass is 291 g/mol. The highest BCUT2D eigenvalue weighted by atomic mass is 35.5. The lowest BCUT2D eigenvalue weighted by molar-refractivity contribution is -0.125. The number of carbonyl (C=O) groups is 2. The molecule has 102 valence electrons. The highest BCUT2D eigenvalue weighted by Crippen LogP contribution is 2.24. The third kappa shape index (κ3) is 2.35. The average Bonchev–Trinajstić information content (AvgIpc) is 2.85. The molecule has 1 aliphatic rings. The molecule has 2 N–H and O–H groups in total. The molecular formula is C12H10ClN5O2. The van der Waals surface area contributed by atoms with Crippen LogP contribution in [-0.2, 0) is 9.59 Å². The number of nitrogens with zero attached hydrogens (tertiary/aromatic N) is 3. The van der Waals surface area contributed by atoms with E-state index in [0.717, 1.165) is 0 Å². The standard InChI is InChI=1S/C12H10ClN5O2/c13-7-2-1-3-8(4-7)15-11(20)9-5-10(19)16-12-17-14-6-18(9)12/h1-4,6,9H,5H2,(H,15,20)(H,16,17,19)/t9-/m0/s1. The highest BCUT2D eigenvalue weighted by molar-refractivity contribution is 6.30. The van der Waals surface area contributed by atoms with E-state index in [2.05, 4.69) is 20.8 Å². The number of aromatic nitrogens is 3. The Hall–Kier alpha value is -2.41. The molecule has 8 heteroatoms. The minimum absolute atomic E-state index is 0.0391. The van der Waals surface area contributed by atoms with Crippen molar-refractivity contribution in [3.8, 4) is 0 Å². The number of amides is 2. The molecule has 0 aliphatic carbocycles. The lowest BCUT2D eigenvalue weighted by Gasteiger charge is -2.23. The van der Waals surface area contributed by atoms with E-state index in [9.17, 15) is 9.59 Å².